The van der Waals surface area contributed by atoms with Gasteiger partial charge in [-0.25, -0.2) is 0 Å². The monoisotopic (exact) mass is 169 g/mol. The summed E-state index contributed by atoms with van der Waals surface area (Å²) in [6.45, 7) is 9.13. The number of unbranched alkanes of at least 4 members (excludes halogenated alkanes) is 3. The van der Waals surface area contributed by atoms with E-state index in [1.54, 1.807) is 0 Å². The molecule has 0 nitrogen and oxygen atoms in total. The molecule has 0 heteroatoms. The minimum absolute atomic E-state index is 0.773. The molecule has 0 fully saturated rings. The molecule has 0 amide bonds. The van der Waals surface area contributed by atoms with E-state index in [0.29, 0.717) is 0 Å². The van der Waals surface area contributed by atoms with Gasteiger partial charge in [0.2, 0.25) is 0 Å². The van der Waals surface area contributed by atoms with E-state index >= 15 is 0 Å². The van der Waals surface area contributed by atoms with Gasteiger partial charge in [0.25, 0.3) is 0 Å². The molecule has 0 atom stereocenters. The molecule has 0 aliphatic rings. The van der Waals surface area contributed by atoms with E-state index in [2.05, 4.69) is 34.1 Å². The topological polar surface area (TPSA) is 0 Å². The number of hydrogen-bond acceptors (Lipinski definition) is 0. The molecule has 0 aliphatic carbocycles. The van der Waals surface area contributed by atoms with Gasteiger partial charge in [-0.3, -0.25) is 0 Å². The second-order valence-corrected chi connectivity index (χ2v) is 4.51. The Morgan fingerprint density at radius 2 is 1.58 bits per heavy atom. The second-order valence-electron chi connectivity index (χ2n) is 4.51. The maximum atomic E-state index is 2.43. The molecule has 0 aromatic carbocycles. The van der Waals surface area contributed by atoms with Gasteiger partial charge in [-0.05, 0) is 24.7 Å². The normalized spacial score (nSPS) is 11.5. The summed E-state index contributed by atoms with van der Waals surface area (Å²) in [5, 5.41) is 0. The van der Waals surface area contributed by atoms with Crippen molar-refractivity contribution < 1.29 is 0 Å². The summed E-state index contributed by atoms with van der Waals surface area (Å²) in [6.07, 6.45) is 9.38. The molecule has 0 spiro atoms. The molecule has 12 heavy (non-hydrogen) atoms. The van der Waals surface area contributed by atoms with Crippen LogP contribution in [0.5, 0.6) is 0 Å². The fourth-order valence-corrected chi connectivity index (χ4v) is 1.32. The van der Waals surface area contributed by atoms with Crippen LogP contribution in [0.25, 0.3) is 0 Å². The van der Waals surface area contributed by atoms with E-state index in [1.807, 2.05) is 0 Å². The van der Waals surface area contributed by atoms with E-state index < -0.39 is 0 Å². The highest BCUT2D eigenvalue weighted by molar-refractivity contribution is 4.68. The molecule has 0 rings (SSSR count). The van der Waals surface area contributed by atoms with Gasteiger partial charge in [0.05, 0.1) is 0 Å². The lowest BCUT2D eigenvalue weighted by Gasteiger charge is -2.05. The first kappa shape index (κ1) is 12.0. The lowest BCUT2D eigenvalue weighted by molar-refractivity contribution is 0.521. The Morgan fingerprint density at radius 3 is 2.08 bits per heavy atom. The average molecular weight is 169 g/mol. The van der Waals surface area contributed by atoms with Gasteiger partial charge in [-0.1, -0.05) is 53.4 Å². The lowest BCUT2D eigenvalue weighted by atomic mass is 10.0. The van der Waals surface area contributed by atoms with Crippen molar-refractivity contribution in [2.24, 2.45) is 11.8 Å². The molecule has 0 bridgehead atoms. The molecular weight excluding hydrogens is 144 g/mol. The highest BCUT2D eigenvalue weighted by Gasteiger charge is 1.96. The Kier molecular flexibility index (Phi) is 7.64. The van der Waals surface area contributed by atoms with Crippen LogP contribution in [-0.4, -0.2) is 0 Å². The van der Waals surface area contributed by atoms with Gasteiger partial charge in [0.1, 0.15) is 0 Å². The average Bonchev–Trinajstić information content (AvgIpc) is 1.95. The van der Waals surface area contributed by atoms with Crippen LogP contribution in [0, 0.1) is 18.3 Å². The van der Waals surface area contributed by atoms with Crippen LogP contribution in [0.2, 0.25) is 0 Å². The Balaban J connectivity index is 2.91. The van der Waals surface area contributed by atoms with Gasteiger partial charge in [-0.2, -0.15) is 0 Å². The summed E-state index contributed by atoms with van der Waals surface area (Å²) in [6, 6.07) is 0. The van der Waals surface area contributed by atoms with Crippen LogP contribution < -0.4 is 0 Å². The third-order valence-electron chi connectivity index (χ3n) is 2.12. The van der Waals surface area contributed by atoms with Gasteiger partial charge < -0.3 is 0 Å². The molecule has 0 N–H and O–H groups in total. The minimum Gasteiger partial charge on any atom is -0.0628 e. The van der Waals surface area contributed by atoms with E-state index in [9.17, 15) is 0 Å². The van der Waals surface area contributed by atoms with E-state index in [-0.39, 0.29) is 0 Å². The molecule has 0 aromatic rings. The van der Waals surface area contributed by atoms with Crippen LogP contribution >= 0.6 is 0 Å². The minimum atomic E-state index is 0.773. The fourth-order valence-electron chi connectivity index (χ4n) is 1.32. The van der Waals surface area contributed by atoms with E-state index in [4.69, 9.17) is 0 Å². The molecule has 0 aromatic heterocycles. The maximum absolute atomic E-state index is 2.43. The molecule has 0 heterocycles. The fraction of sp³-hybridized carbons (Fsp3) is 0.917. The van der Waals surface area contributed by atoms with Crippen LogP contribution in [0.4, 0.5) is 0 Å². The molecule has 0 aliphatic heterocycles. The van der Waals surface area contributed by atoms with Crippen molar-refractivity contribution in [3.8, 4) is 0 Å². The summed E-state index contributed by atoms with van der Waals surface area (Å²) in [7, 11) is 0. The third kappa shape index (κ3) is 10.0. The zero-order valence-corrected chi connectivity index (χ0v) is 9.27. The number of rotatable bonds is 7. The van der Waals surface area contributed by atoms with Gasteiger partial charge in [0.15, 0.2) is 0 Å². The number of hydrogen-bond donors (Lipinski definition) is 0. The Morgan fingerprint density at radius 1 is 0.917 bits per heavy atom. The highest BCUT2D eigenvalue weighted by atomic mass is 14.0. The Hall–Kier alpha value is 0. The second kappa shape index (κ2) is 7.64. The highest BCUT2D eigenvalue weighted by Crippen LogP contribution is 2.12. The van der Waals surface area contributed by atoms with Crippen LogP contribution in [0.15, 0.2) is 0 Å². The van der Waals surface area contributed by atoms with Crippen LogP contribution in [-0.2, 0) is 0 Å². The molecule has 1 radical (unpaired) electrons. The van der Waals surface area contributed by atoms with Crippen LogP contribution in [0.3, 0.4) is 0 Å². The molecule has 0 saturated carbocycles. The Bertz CT molecular complexity index is 70.0. The van der Waals surface area contributed by atoms with Gasteiger partial charge in [-0.15, -0.1) is 0 Å². The third-order valence-corrected chi connectivity index (χ3v) is 2.12. The van der Waals surface area contributed by atoms with E-state index in [1.165, 1.54) is 32.1 Å². The predicted octanol–water partition coefficient (Wildman–Crippen LogP) is 4.45. The summed E-state index contributed by atoms with van der Waals surface area (Å²) in [4.78, 5) is 0. The summed E-state index contributed by atoms with van der Waals surface area (Å²) < 4.78 is 0. The summed E-state index contributed by atoms with van der Waals surface area (Å²) in [5.41, 5.74) is 0. The Labute approximate surface area is 78.8 Å². The lowest BCUT2D eigenvalue weighted by Crippen LogP contribution is -1.90. The zero-order chi connectivity index (χ0) is 9.40. The largest absolute Gasteiger partial charge is 0.0628 e. The molecule has 73 valence electrons. The van der Waals surface area contributed by atoms with Crippen molar-refractivity contribution in [3.63, 3.8) is 0 Å². The van der Waals surface area contributed by atoms with Crippen molar-refractivity contribution in [1.82, 2.24) is 0 Å². The van der Waals surface area contributed by atoms with Crippen LogP contribution in [0.1, 0.15) is 59.8 Å². The van der Waals surface area contributed by atoms with Crippen molar-refractivity contribution in [1.29, 1.82) is 0 Å². The SMILES string of the molecule is CC(C)[CH]CCCCCC(C)C. The van der Waals surface area contributed by atoms with Gasteiger partial charge >= 0.3 is 0 Å². The molecule has 0 unspecified atom stereocenters. The first-order valence-corrected chi connectivity index (χ1v) is 5.46. The standard InChI is InChI=1S/C12H25/c1-11(2)9-7-5-6-8-10-12(3)4/h9,11-12H,5-8,10H2,1-4H3. The first-order chi connectivity index (χ1) is 5.63. The maximum Gasteiger partial charge on any atom is -0.0360 e. The summed E-state index contributed by atoms with van der Waals surface area (Å²) in [5.74, 6) is 1.66. The smallest absolute Gasteiger partial charge is 0.0360 e. The predicted molar refractivity (Wildman–Crippen MR) is 57.1 cm³/mol. The molecular formula is C12H25. The zero-order valence-electron chi connectivity index (χ0n) is 9.27. The first-order valence-electron chi connectivity index (χ1n) is 5.46. The summed E-state index contributed by atoms with van der Waals surface area (Å²) >= 11 is 0. The van der Waals surface area contributed by atoms with Crippen molar-refractivity contribution in [3.05, 3.63) is 6.42 Å². The van der Waals surface area contributed by atoms with Crippen molar-refractivity contribution in [2.75, 3.05) is 0 Å². The van der Waals surface area contributed by atoms with E-state index in [0.717, 1.165) is 11.8 Å². The molecule has 0 saturated heterocycles. The van der Waals surface area contributed by atoms with Crippen molar-refractivity contribution in [2.45, 2.75) is 59.8 Å². The van der Waals surface area contributed by atoms with Crippen molar-refractivity contribution >= 4 is 0 Å². The quantitative estimate of drug-likeness (QED) is 0.494. The van der Waals surface area contributed by atoms with Gasteiger partial charge in [0, 0.05) is 0 Å².